The smallest absolute Gasteiger partial charge is 0.261 e. The number of benzene rings is 2. The van der Waals surface area contributed by atoms with Gasteiger partial charge in [-0.15, -0.1) is 11.3 Å². The van der Waals surface area contributed by atoms with Crippen molar-refractivity contribution in [3.05, 3.63) is 59.7 Å². The van der Waals surface area contributed by atoms with Crippen LogP contribution in [-0.2, 0) is 0 Å². The van der Waals surface area contributed by atoms with Crippen LogP contribution in [0.4, 0.5) is 0 Å². The Morgan fingerprint density at radius 2 is 1.61 bits per heavy atom. The molecule has 2 aromatic carbocycles. The molecule has 4 nitrogen and oxygen atoms in total. The van der Waals surface area contributed by atoms with E-state index in [2.05, 4.69) is 4.98 Å². The van der Waals surface area contributed by atoms with E-state index >= 15 is 0 Å². The normalized spacial score (nSPS) is 13.8. The highest BCUT2D eigenvalue weighted by Crippen LogP contribution is 2.30. The minimum atomic E-state index is -0.199. The van der Waals surface area contributed by atoms with Crippen LogP contribution in [0.15, 0.2) is 52.9 Å². The molecule has 23 heavy (non-hydrogen) atoms. The minimum absolute atomic E-state index is 0.199. The Kier molecular flexibility index (Phi) is 3.63. The van der Waals surface area contributed by atoms with E-state index in [1.165, 1.54) is 4.90 Å². The van der Waals surface area contributed by atoms with Gasteiger partial charge in [0.15, 0.2) is 4.34 Å². The molecule has 2 amide bonds. The number of hydrogen-bond donors (Lipinski definition) is 0. The van der Waals surface area contributed by atoms with Crippen LogP contribution >= 0.6 is 23.1 Å². The van der Waals surface area contributed by atoms with Crippen molar-refractivity contribution in [1.82, 2.24) is 9.88 Å². The number of nitrogens with zero attached hydrogens (tertiary/aromatic N) is 2. The number of rotatable bonds is 4. The van der Waals surface area contributed by atoms with Gasteiger partial charge in [0.05, 0.1) is 21.3 Å². The molecule has 1 aliphatic heterocycles. The standard InChI is InChI=1S/C17H12N2O2S2/c20-15-11-5-1-2-6-12(11)16(21)19(15)9-10-22-17-18-13-7-3-4-8-14(13)23-17/h1-8H,9-10H2. The summed E-state index contributed by atoms with van der Waals surface area (Å²) < 4.78 is 2.11. The average Bonchev–Trinajstić information content (AvgIpc) is 3.09. The second-order valence-electron chi connectivity index (χ2n) is 5.10. The fourth-order valence-electron chi connectivity index (χ4n) is 2.58. The number of carbonyl (C=O) groups is 2. The first-order valence-corrected chi connectivity index (χ1v) is 8.98. The fraction of sp³-hybridized carbons (Fsp3) is 0.118. The predicted molar refractivity (Wildman–Crippen MR) is 92.2 cm³/mol. The van der Waals surface area contributed by atoms with Crippen LogP contribution in [-0.4, -0.2) is 34.0 Å². The Labute approximate surface area is 141 Å². The van der Waals surface area contributed by atoms with Gasteiger partial charge in [-0.05, 0) is 24.3 Å². The van der Waals surface area contributed by atoms with Crippen molar-refractivity contribution < 1.29 is 9.59 Å². The highest BCUT2D eigenvalue weighted by atomic mass is 32.2. The van der Waals surface area contributed by atoms with E-state index in [4.69, 9.17) is 0 Å². The molecule has 3 aromatic rings. The van der Waals surface area contributed by atoms with Crippen LogP contribution < -0.4 is 0 Å². The van der Waals surface area contributed by atoms with Crippen LogP contribution in [0.25, 0.3) is 10.2 Å². The van der Waals surface area contributed by atoms with E-state index in [0.717, 1.165) is 14.6 Å². The summed E-state index contributed by atoms with van der Waals surface area (Å²) in [5.74, 6) is 0.247. The monoisotopic (exact) mass is 340 g/mol. The highest BCUT2D eigenvalue weighted by Gasteiger charge is 2.34. The SMILES string of the molecule is O=C1c2ccccc2C(=O)N1CCSc1nc2ccccc2s1. The fourth-order valence-corrected chi connectivity index (χ4v) is 4.64. The summed E-state index contributed by atoms with van der Waals surface area (Å²) in [7, 11) is 0. The second-order valence-corrected chi connectivity index (χ2v) is 7.48. The first kappa shape index (κ1) is 14.4. The largest absolute Gasteiger partial charge is 0.273 e. The lowest BCUT2D eigenvalue weighted by atomic mass is 10.1. The van der Waals surface area contributed by atoms with Gasteiger partial charge in [0.1, 0.15) is 0 Å². The molecule has 0 radical (unpaired) electrons. The van der Waals surface area contributed by atoms with Crippen LogP contribution in [0.5, 0.6) is 0 Å². The maximum Gasteiger partial charge on any atom is 0.261 e. The zero-order valence-corrected chi connectivity index (χ0v) is 13.7. The van der Waals surface area contributed by atoms with Gasteiger partial charge in [0.2, 0.25) is 0 Å². The van der Waals surface area contributed by atoms with Crippen molar-refractivity contribution >= 4 is 45.1 Å². The van der Waals surface area contributed by atoms with E-state index in [0.29, 0.717) is 23.4 Å². The zero-order chi connectivity index (χ0) is 15.8. The lowest BCUT2D eigenvalue weighted by molar-refractivity contribution is 0.0664. The van der Waals surface area contributed by atoms with Crippen molar-refractivity contribution in [2.75, 3.05) is 12.3 Å². The molecule has 1 aromatic heterocycles. The number of thiazole rings is 1. The third-order valence-corrected chi connectivity index (χ3v) is 5.85. The van der Waals surface area contributed by atoms with Crippen molar-refractivity contribution in [2.24, 2.45) is 0 Å². The topological polar surface area (TPSA) is 50.3 Å². The van der Waals surface area contributed by atoms with Gasteiger partial charge in [0.25, 0.3) is 11.8 Å². The summed E-state index contributed by atoms with van der Waals surface area (Å²) in [6, 6.07) is 15.0. The molecular weight excluding hydrogens is 328 g/mol. The van der Waals surface area contributed by atoms with Gasteiger partial charge in [-0.25, -0.2) is 4.98 Å². The van der Waals surface area contributed by atoms with Crippen molar-refractivity contribution in [1.29, 1.82) is 0 Å². The molecule has 6 heteroatoms. The number of hydrogen-bond acceptors (Lipinski definition) is 5. The van der Waals surface area contributed by atoms with Gasteiger partial charge in [-0.2, -0.15) is 0 Å². The van der Waals surface area contributed by atoms with Crippen LogP contribution in [0.3, 0.4) is 0 Å². The molecule has 114 valence electrons. The Balaban J connectivity index is 1.44. The Hall–Kier alpha value is -2.18. The molecule has 2 heterocycles. The maximum absolute atomic E-state index is 12.3. The van der Waals surface area contributed by atoms with Gasteiger partial charge in [-0.1, -0.05) is 36.0 Å². The Morgan fingerprint density at radius 1 is 0.957 bits per heavy atom. The number of imide groups is 1. The summed E-state index contributed by atoms with van der Waals surface area (Å²) in [6.45, 7) is 0.396. The van der Waals surface area contributed by atoms with Crippen LogP contribution in [0.2, 0.25) is 0 Å². The van der Waals surface area contributed by atoms with E-state index < -0.39 is 0 Å². The first-order valence-electron chi connectivity index (χ1n) is 7.17. The average molecular weight is 340 g/mol. The Morgan fingerprint density at radius 3 is 2.30 bits per heavy atom. The molecule has 0 bridgehead atoms. The van der Waals surface area contributed by atoms with Crippen LogP contribution in [0.1, 0.15) is 20.7 Å². The summed E-state index contributed by atoms with van der Waals surface area (Å²) in [4.78, 5) is 30.4. The zero-order valence-electron chi connectivity index (χ0n) is 12.1. The van der Waals surface area contributed by atoms with Gasteiger partial charge >= 0.3 is 0 Å². The summed E-state index contributed by atoms with van der Waals surface area (Å²) in [6.07, 6.45) is 0. The molecule has 0 atom stereocenters. The number of aromatic nitrogens is 1. The lowest BCUT2D eigenvalue weighted by Gasteiger charge is -2.12. The minimum Gasteiger partial charge on any atom is -0.273 e. The predicted octanol–water partition coefficient (Wildman–Crippen LogP) is 3.68. The first-order chi connectivity index (χ1) is 11.2. The summed E-state index contributed by atoms with van der Waals surface area (Å²) in [5.41, 5.74) is 1.99. The number of para-hydroxylation sites is 1. The van der Waals surface area contributed by atoms with Crippen molar-refractivity contribution in [3.8, 4) is 0 Å². The van der Waals surface area contributed by atoms with E-state index in [-0.39, 0.29) is 11.8 Å². The van der Waals surface area contributed by atoms with E-state index in [1.54, 1.807) is 47.4 Å². The number of thioether (sulfide) groups is 1. The number of fused-ring (bicyclic) bond motifs is 2. The maximum atomic E-state index is 12.3. The van der Waals surface area contributed by atoms with Crippen molar-refractivity contribution in [2.45, 2.75) is 4.34 Å². The van der Waals surface area contributed by atoms with E-state index in [1.807, 2.05) is 24.3 Å². The number of carbonyl (C=O) groups excluding carboxylic acids is 2. The quantitative estimate of drug-likeness (QED) is 0.537. The molecule has 4 rings (SSSR count). The molecule has 0 saturated heterocycles. The van der Waals surface area contributed by atoms with Crippen molar-refractivity contribution in [3.63, 3.8) is 0 Å². The molecule has 0 N–H and O–H groups in total. The third-order valence-electron chi connectivity index (χ3n) is 3.69. The third kappa shape index (κ3) is 2.54. The molecule has 0 aliphatic carbocycles. The lowest BCUT2D eigenvalue weighted by Crippen LogP contribution is -2.31. The van der Waals surface area contributed by atoms with E-state index in [9.17, 15) is 9.59 Å². The Bertz CT molecular complexity index is 852. The van der Waals surface area contributed by atoms with Gasteiger partial charge in [0, 0.05) is 12.3 Å². The molecule has 0 spiro atoms. The molecular formula is C17H12N2O2S2. The molecule has 0 fully saturated rings. The second kappa shape index (κ2) is 5.79. The van der Waals surface area contributed by atoms with Crippen LogP contribution in [0, 0.1) is 0 Å². The van der Waals surface area contributed by atoms with Gasteiger partial charge in [-0.3, -0.25) is 14.5 Å². The molecule has 0 saturated carbocycles. The summed E-state index contributed by atoms with van der Waals surface area (Å²) >= 11 is 3.21. The van der Waals surface area contributed by atoms with Gasteiger partial charge < -0.3 is 0 Å². The molecule has 0 unspecified atom stereocenters. The highest BCUT2D eigenvalue weighted by molar-refractivity contribution is 8.01. The molecule has 1 aliphatic rings. The number of amides is 2. The summed E-state index contributed by atoms with van der Waals surface area (Å²) in [5, 5.41) is 0.